The number of carbonyl (C=O) groups is 1. The molecule has 5 nitrogen and oxygen atoms in total. The Kier molecular flexibility index (Phi) is 5.25. The molecule has 0 unspecified atom stereocenters. The van der Waals surface area contributed by atoms with E-state index in [9.17, 15) is 13.2 Å². The van der Waals surface area contributed by atoms with Crippen molar-refractivity contribution in [1.29, 1.82) is 0 Å². The van der Waals surface area contributed by atoms with Crippen molar-refractivity contribution in [2.75, 3.05) is 6.61 Å². The zero-order chi connectivity index (χ0) is 22.7. The van der Waals surface area contributed by atoms with Crippen LogP contribution in [0.15, 0.2) is 41.3 Å². The summed E-state index contributed by atoms with van der Waals surface area (Å²) in [6.45, 7) is 1.95. The third kappa shape index (κ3) is 3.32. The first-order valence-electron chi connectivity index (χ1n) is 11.0. The molecule has 0 radical (unpaired) electrons. The highest BCUT2D eigenvalue weighted by Gasteiger charge is 2.59. The molecule has 1 heterocycles. The van der Waals surface area contributed by atoms with E-state index in [1.165, 1.54) is 30.3 Å². The summed E-state index contributed by atoms with van der Waals surface area (Å²) in [6, 6.07) is 8.81. The molecule has 0 spiro atoms. The van der Waals surface area contributed by atoms with Gasteiger partial charge in [0.05, 0.1) is 17.1 Å². The average molecular weight is 478 g/mol. The van der Waals surface area contributed by atoms with E-state index in [0.29, 0.717) is 29.2 Å². The molecule has 32 heavy (non-hydrogen) atoms. The predicted molar refractivity (Wildman–Crippen MR) is 119 cm³/mol. The van der Waals surface area contributed by atoms with Gasteiger partial charge in [-0.05, 0) is 74.9 Å². The van der Waals surface area contributed by atoms with Gasteiger partial charge in [-0.25, -0.2) is 12.8 Å². The van der Waals surface area contributed by atoms with Gasteiger partial charge in [0.1, 0.15) is 16.3 Å². The second kappa shape index (κ2) is 7.73. The molecular weight excluding hydrogens is 453 g/mol. The van der Waals surface area contributed by atoms with Crippen molar-refractivity contribution < 1.29 is 22.3 Å². The maximum atomic E-state index is 15.4. The zero-order valence-electron chi connectivity index (χ0n) is 17.7. The lowest BCUT2D eigenvalue weighted by Crippen LogP contribution is -2.55. The summed E-state index contributed by atoms with van der Waals surface area (Å²) in [5, 5.41) is 3.51. The smallest absolute Gasteiger partial charge is 0.223 e. The fourth-order valence-electron chi connectivity index (χ4n) is 5.31. The van der Waals surface area contributed by atoms with Crippen molar-refractivity contribution in [3.8, 4) is 5.75 Å². The quantitative estimate of drug-likeness (QED) is 0.701. The third-order valence-electron chi connectivity index (χ3n) is 7.15. The Bertz CT molecular complexity index is 1180. The number of rotatable bonds is 4. The summed E-state index contributed by atoms with van der Waals surface area (Å²) in [7, 11) is -4.00. The van der Waals surface area contributed by atoms with Gasteiger partial charge >= 0.3 is 0 Å². The molecular formula is C24H25ClFNO4S. The molecule has 3 atom stereocenters. The summed E-state index contributed by atoms with van der Waals surface area (Å²) >= 11 is 5.99. The highest BCUT2D eigenvalue weighted by Crippen LogP contribution is 2.56. The number of hydrogen-bond donors (Lipinski definition) is 1. The van der Waals surface area contributed by atoms with Crippen LogP contribution in [0.5, 0.6) is 5.75 Å². The van der Waals surface area contributed by atoms with Gasteiger partial charge in [0.2, 0.25) is 5.91 Å². The van der Waals surface area contributed by atoms with Gasteiger partial charge in [0.25, 0.3) is 0 Å². The monoisotopic (exact) mass is 477 g/mol. The lowest BCUT2D eigenvalue weighted by molar-refractivity contribution is -0.123. The first kappa shape index (κ1) is 21.7. The molecule has 3 aliphatic rings. The number of benzene rings is 2. The highest BCUT2D eigenvalue weighted by atomic mass is 35.5. The van der Waals surface area contributed by atoms with Crippen molar-refractivity contribution in [1.82, 2.24) is 5.32 Å². The number of ether oxygens (including phenoxy) is 1. The van der Waals surface area contributed by atoms with Crippen LogP contribution in [0.25, 0.3) is 0 Å². The highest BCUT2D eigenvalue weighted by molar-refractivity contribution is 7.92. The SMILES string of the molecule is Cc1ccc(F)c2c1OC[C@H]1C[C@H](NC(=O)C3CC3)CC[C@@]21S(=O)(=O)c1ccc(Cl)cc1. The Morgan fingerprint density at radius 3 is 2.56 bits per heavy atom. The van der Waals surface area contributed by atoms with Gasteiger partial charge in [-0.3, -0.25) is 4.79 Å². The van der Waals surface area contributed by atoms with Gasteiger partial charge in [0.15, 0.2) is 9.84 Å². The summed E-state index contributed by atoms with van der Waals surface area (Å²) in [6.07, 6.45) is 2.87. The van der Waals surface area contributed by atoms with E-state index in [1.54, 1.807) is 13.0 Å². The maximum Gasteiger partial charge on any atom is 0.223 e. The fourth-order valence-corrected chi connectivity index (χ4v) is 7.80. The summed E-state index contributed by atoms with van der Waals surface area (Å²) in [4.78, 5) is 12.4. The van der Waals surface area contributed by atoms with Crippen LogP contribution in [0.1, 0.15) is 43.2 Å². The second-order valence-electron chi connectivity index (χ2n) is 9.18. The van der Waals surface area contributed by atoms with E-state index in [1.807, 2.05) is 0 Å². The molecule has 5 rings (SSSR count). The minimum atomic E-state index is -4.00. The van der Waals surface area contributed by atoms with Crippen LogP contribution in [-0.2, 0) is 19.4 Å². The molecule has 2 aromatic rings. The van der Waals surface area contributed by atoms with E-state index in [0.717, 1.165) is 12.8 Å². The lowest BCUT2D eigenvalue weighted by atomic mass is 9.71. The molecule has 1 amide bonds. The molecule has 0 saturated heterocycles. The van der Waals surface area contributed by atoms with Crippen LogP contribution in [-0.4, -0.2) is 27.0 Å². The summed E-state index contributed by atoms with van der Waals surface area (Å²) in [5.41, 5.74) is 0.824. The van der Waals surface area contributed by atoms with Gasteiger partial charge in [-0.15, -0.1) is 0 Å². The Morgan fingerprint density at radius 2 is 1.88 bits per heavy atom. The van der Waals surface area contributed by atoms with Crippen LogP contribution < -0.4 is 10.1 Å². The van der Waals surface area contributed by atoms with Gasteiger partial charge in [-0.2, -0.15) is 0 Å². The van der Waals surface area contributed by atoms with Crippen LogP contribution in [0.3, 0.4) is 0 Å². The number of amides is 1. The number of aryl methyl sites for hydroxylation is 1. The minimum Gasteiger partial charge on any atom is -0.492 e. The lowest BCUT2D eigenvalue weighted by Gasteiger charge is -2.49. The molecule has 2 aromatic carbocycles. The first-order chi connectivity index (χ1) is 15.2. The number of carbonyl (C=O) groups excluding carboxylic acids is 1. The van der Waals surface area contributed by atoms with E-state index >= 15 is 4.39 Å². The van der Waals surface area contributed by atoms with Gasteiger partial charge in [0, 0.05) is 22.9 Å². The second-order valence-corrected chi connectivity index (χ2v) is 11.8. The van der Waals surface area contributed by atoms with Crippen LogP contribution in [0, 0.1) is 24.6 Å². The van der Waals surface area contributed by atoms with Crippen molar-refractivity contribution in [2.24, 2.45) is 11.8 Å². The Morgan fingerprint density at radius 1 is 1.16 bits per heavy atom. The molecule has 0 bridgehead atoms. The van der Waals surface area contributed by atoms with E-state index in [-0.39, 0.29) is 41.4 Å². The standard InChI is InChI=1S/C24H25ClFNO4S/c1-14-2-9-20(26)21-22(14)31-13-16-12-18(27-23(28)15-3-4-15)10-11-24(16,21)32(29,30)19-7-5-17(25)6-8-19/h2,5-9,15-16,18H,3-4,10-13H2,1H3,(H,27,28)/t16-,18-,24+/m1/s1. The van der Waals surface area contributed by atoms with Crippen molar-refractivity contribution in [2.45, 2.75) is 54.7 Å². The molecule has 0 aromatic heterocycles. The Balaban J connectivity index is 1.62. The van der Waals surface area contributed by atoms with Crippen LogP contribution in [0.2, 0.25) is 5.02 Å². The van der Waals surface area contributed by atoms with E-state index in [2.05, 4.69) is 5.32 Å². The molecule has 170 valence electrons. The maximum absolute atomic E-state index is 15.4. The van der Waals surface area contributed by atoms with E-state index in [4.69, 9.17) is 16.3 Å². The number of halogens is 2. The number of nitrogens with one attached hydrogen (secondary N) is 1. The van der Waals surface area contributed by atoms with E-state index < -0.39 is 26.3 Å². The largest absolute Gasteiger partial charge is 0.492 e. The summed E-state index contributed by atoms with van der Waals surface area (Å²) in [5.74, 6) is -0.650. The molecule has 8 heteroatoms. The minimum absolute atomic E-state index is 0.0298. The fraction of sp³-hybridized carbons (Fsp3) is 0.458. The Labute approximate surface area is 192 Å². The third-order valence-corrected chi connectivity index (χ3v) is 9.99. The van der Waals surface area contributed by atoms with Crippen molar-refractivity contribution in [3.05, 3.63) is 58.4 Å². The van der Waals surface area contributed by atoms with Crippen LogP contribution >= 0.6 is 11.6 Å². The Hall–Kier alpha value is -2.12. The molecule has 2 aliphatic carbocycles. The first-order valence-corrected chi connectivity index (χ1v) is 12.8. The normalized spacial score (nSPS) is 27.1. The van der Waals surface area contributed by atoms with Crippen molar-refractivity contribution >= 4 is 27.3 Å². The average Bonchev–Trinajstić information content (AvgIpc) is 3.61. The number of fused-ring (bicyclic) bond motifs is 3. The molecule has 2 saturated carbocycles. The molecule has 2 fully saturated rings. The van der Waals surface area contributed by atoms with Gasteiger partial charge in [-0.1, -0.05) is 17.7 Å². The summed E-state index contributed by atoms with van der Waals surface area (Å²) < 4.78 is 48.2. The number of hydrogen-bond acceptors (Lipinski definition) is 4. The topological polar surface area (TPSA) is 72.5 Å². The zero-order valence-corrected chi connectivity index (χ0v) is 19.3. The molecule has 1 aliphatic heterocycles. The van der Waals surface area contributed by atoms with Crippen molar-refractivity contribution in [3.63, 3.8) is 0 Å². The number of sulfone groups is 1. The van der Waals surface area contributed by atoms with Crippen LogP contribution in [0.4, 0.5) is 4.39 Å². The van der Waals surface area contributed by atoms with Gasteiger partial charge < -0.3 is 10.1 Å². The molecule has 1 N–H and O–H groups in total. The predicted octanol–water partition coefficient (Wildman–Crippen LogP) is 4.54.